The molecule has 0 aromatic carbocycles. The number of rotatable bonds is 11. The van der Waals surface area contributed by atoms with Crippen molar-refractivity contribution < 1.29 is 21.9 Å². The van der Waals surface area contributed by atoms with Crippen molar-refractivity contribution in [2.24, 2.45) is 0 Å². The van der Waals surface area contributed by atoms with Gasteiger partial charge >= 0.3 is 14.8 Å². The van der Waals surface area contributed by atoms with E-state index in [9.17, 15) is 4.79 Å². The number of hydrogen-bond acceptors (Lipinski definition) is 5. The van der Waals surface area contributed by atoms with E-state index >= 15 is 0 Å². The van der Waals surface area contributed by atoms with Gasteiger partial charge in [-0.1, -0.05) is 13.5 Å². The van der Waals surface area contributed by atoms with Crippen molar-refractivity contribution in [3.63, 3.8) is 0 Å². The lowest BCUT2D eigenvalue weighted by Gasteiger charge is -2.43. The van der Waals surface area contributed by atoms with Crippen LogP contribution in [0.25, 0.3) is 0 Å². The maximum absolute atomic E-state index is 11.7. The maximum Gasteiger partial charge on any atom is 0.473 e. The van der Waals surface area contributed by atoms with Gasteiger partial charge in [0, 0.05) is 6.08 Å². The molecule has 0 aliphatic rings. The summed E-state index contributed by atoms with van der Waals surface area (Å²) in [7, 11) is -8.77. The van der Waals surface area contributed by atoms with E-state index in [0.717, 1.165) is 0 Å². The summed E-state index contributed by atoms with van der Waals surface area (Å²) >= 11 is 0. The molecule has 5 nitrogen and oxygen atoms in total. The Morgan fingerprint density at radius 2 is 1.24 bits per heavy atom. The number of esters is 1. The molecule has 0 rings (SSSR count). The molecule has 0 aliphatic heterocycles. The molecular weight excluding hydrogens is 385 g/mol. The van der Waals surface area contributed by atoms with Gasteiger partial charge in [0.15, 0.2) is 25.0 Å². The van der Waals surface area contributed by atoms with E-state index < -0.39 is 39.7 Å². The van der Waals surface area contributed by atoms with Crippen LogP contribution in [-0.4, -0.2) is 45.8 Å². The van der Waals surface area contributed by atoms with Gasteiger partial charge in [-0.15, -0.1) is 0 Å². The summed E-state index contributed by atoms with van der Waals surface area (Å²) in [4.78, 5) is 11.7. The Labute approximate surface area is 158 Å². The largest absolute Gasteiger partial charge is 0.473 e. The van der Waals surface area contributed by atoms with Gasteiger partial charge in [0.05, 0.1) is 6.04 Å². The molecule has 0 aromatic heterocycles. The summed E-state index contributed by atoms with van der Waals surface area (Å²) in [6.07, 6.45) is 1.60. The first kappa shape index (κ1) is 25.0. The van der Waals surface area contributed by atoms with Gasteiger partial charge in [0.1, 0.15) is 6.10 Å². The summed E-state index contributed by atoms with van der Waals surface area (Å²) in [5, 5.41) is 0. The lowest BCUT2D eigenvalue weighted by Crippen LogP contribution is -2.61. The number of carbonyl (C=O) groups is 1. The molecule has 0 heterocycles. The molecule has 0 saturated heterocycles. The first-order valence-corrected chi connectivity index (χ1v) is 21.1. The van der Waals surface area contributed by atoms with Crippen molar-refractivity contribution in [2.75, 3.05) is 0 Å². The van der Waals surface area contributed by atoms with Crippen LogP contribution in [0.1, 0.15) is 13.3 Å². The molecular formula is C16H38O5Si4. The topological polar surface area (TPSA) is 54.0 Å². The lowest BCUT2D eigenvalue weighted by molar-refractivity contribution is -0.142. The van der Waals surface area contributed by atoms with Crippen molar-refractivity contribution in [2.45, 2.75) is 84.4 Å². The SMILES string of the molecule is C=CC(=O)OC(CC)C[Si](O[Si](C)(C)C)(O[Si](C)(C)C)O[Si](C)(C)C. The van der Waals surface area contributed by atoms with Crippen LogP contribution >= 0.6 is 0 Å². The maximum atomic E-state index is 11.7. The molecule has 0 bridgehead atoms. The third-order valence-corrected chi connectivity index (χ3v) is 14.8. The van der Waals surface area contributed by atoms with Gasteiger partial charge in [-0.05, 0) is 65.3 Å². The normalized spacial score (nSPS) is 15.0. The Balaban J connectivity index is 5.84. The Bertz CT molecular complexity index is 408. The molecule has 0 aromatic rings. The van der Waals surface area contributed by atoms with Gasteiger partial charge in [0.25, 0.3) is 0 Å². The van der Waals surface area contributed by atoms with Crippen LogP contribution in [0.3, 0.4) is 0 Å². The summed E-state index contributed by atoms with van der Waals surface area (Å²) in [6.45, 7) is 24.8. The van der Waals surface area contributed by atoms with Gasteiger partial charge in [-0.25, -0.2) is 4.79 Å². The molecule has 0 saturated carbocycles. The molecule has 1 atom stereocenters. The fourth-order valence-corrected chi connectivity index (χ4v) is 17.1. The Morgan fingerprint density at radius 3 is 1.48 bits per heavy atom. The zero-order chi connectivity index (χ0) is 20.1. The second-order valence-corrected chi connectivity index (χ2v) is 26.1. The van der Waals surface area contributed by atoms with Gasteiger partial charge in [-0.3, -0.25) is 0 Å². The molecule has 148 valence electrons. The number of carbonyl (C=O) groups excluding carboxylic acids is 1. The molecule has 1 unspecified atom stereocenters. The van der Waals surface area contributed by atoms with E-state index in [-0.39, 0.29) is 6.10 Å². The van der Waals surface area contributed by atoms with Crippen LogP contribution in [0.15, 0.2) is 12.7 Å². The Kier molecular flexibility index (Phi) is 9.23. The summed E-state index contributed by atoms with van der Waals surface area (Å²) < 4.78 is 25.4. The molecule has 9 heteroatoms. The summed E-state index contributed by atoms with van der Waals surface area (Å²) in [6, 6.07) is 0.502. The molecule has 0 amide bonds. The van der Waals surface area contributed by atoms with Crippen LogP contribution in [0, 0.1) is 0 Å². The molecule has 0 radical (unpaired) electrons. The fraction of sp³-hybridized carbons (Fsp3) is 0.812. The lowest BCUT2D eigenvalue weighted by atomic mass is 10.3. The summed E-state index contributed by atoms with van der Waals surface area (Å²) in [5.41, 5.74) is 0. The zero-order valence-corrected chi connectivity index (χ0v) is 21.8. The molecule has 25 heavy (non-hydrogen) atoms. The van der Waals surface area contributed by atoms with E-state index in [1.54, 1.807) is 0 Å². The number of hydrogen-bond donors (Lipinski definition) is 0. The minimum atomic E-state index is -2.99. The van der Waals surface area contributed by atoms with Crippen LogP contribution in [-0.2, 0) is 21.9 Å². The third kappa shape index (κ3) is 12.1. The van der Waals surface area contributed by atoms with E-state index in [2.05, 4.69) is 65.5 Å². The van der Waals surface area contributed by atoms with Crippen LogP contribution in [0.4, 0.5) is 0 Å². The highest BCUT2D eigenvalue weighted by atomic mass is 28.5. The van der Waals surface area contributed by atoms with Gasteiger partial charge in [0.2, 0.25) is 0 Å². The highest BCUT2D eigenvalue weighted by Gasteiger charge is 2.51. The van der Waals surface area contributed by atoms with Gasteiger partial charge < -0.3 is 17.1 Å². The highest BCUT2D eigenvalue weighted by molar-refractivity contribution is 6.90. The van der Waals surface area contributed by atoms with E-state index in [1.807, 2.05) is 6.92 Å². The molecule has 0 N–H and O–H groups in total. The van der Waals surface area contributed by atoms with E-state index in [1.165, 1.54) is 6.08 Å². The average Bonchev–Trinajstić information content (AvgIpc) is 2.30. The molecule has 0 spiro atoms. The average molecular weight is 423 g/mol. The smallest absolute Gasteiger partial charge is 0.459 e. The summed E-state index contributed by atoms with van der Waals surface area (Å²) in [5.74, 6) is -0.413. The predicted octanol–water partition coefficient (Wildman–Crippen LogP) is 4.99. The third-order valence-electron chi connectivity index (χ3n) is 2.77. The van der Waals surface area contributed by atoms with E-state index in [4.69, 9.17) is 17.1 Å². The van der Waals surface area contributed by atoms with Crippen molar-refractivity contribution in [3.8, 4) is 0 Å². The van der Waals surface area contributed by atoms with E-state index in [0.29, 0.717) is 12.5 Å². The molecule has 0 fully saturated rings. The van der Waals surface area contributed by atoms with Crippen LogP contribution in [0.2, 0.25) is 65.0 Å². The van der Waals surface area contributed by atoms with Crippen molar-refractivity contribution >= 4 is 39.7 Å². The number of ether oxygens (including phenoxy) is 1. The van der Waals surface area contributed by atoms with Crippen LogP contribution in [0.5, 0.6) is 0 Å². The minimum absolute atomic E-state index is 0.291. The minimum Gasteiger partial charge on any atom is -0.459 e. The van der Waals surface area contributed by atoms with Crippen molar-refractivity contribution in [1.82, 2.24) is 0 Å². The predicted molar refractivity (Wildman–Crippen MR) is 114 cm³/mol. The first-order valence-electron chi connectivity index (χ1n) is 8.94. The zero-order valence-electron chi connectivity index (χ0n) is 17.8. The standard InChI is InChI=1S/C16H38O5Si4/c1-12-15(18-16(17)13-2)14-25(19-22(3,4)5,20-23(6,7)8)21-24(9,10)11/h13,15H,2,12,14H2,1,3-11H3. The van der Waals surface area contributed by atoms with Gasteiger partial charge in [-0.2, -0.15) is 0 Å². The van der Waals surface area contributed by atoms with Crippen LogP contribution < -0.4 is 0 Å². The Morgan fingerprint density at radius 1 is 0.880 bits per heavy atom. The highest BCUT2D eigenvalue weighted by Crippen LogP contribution is 2.31. The molecule has 0 aliphatic carbocycles. The van der Waals surface area contributed by atoms with Crippen molar-refractivity contribution in [3.05, 3.63) is 12.7 Å². The first-order chi connectivity index (χ1) is 11.0. The Hall–Kier alpha value is -0.0425. The second-order valence-electron chi connectivity index (χ2n) is 9.20. The monoisotopic (exact) mass is 422 g/mol. The second kappa shape index (κ2) is 9.24. The fourth-order valence-electron chi connectivity index (χ4n) is 2.35. The van der Waals surface area contributed by atoms with Crippen molar-refractivity contribution in [1.29, 1.82) is 0 Å². The quantitative estimate of drug-likeness (QED) is 0.267.